The van der Waals surface area contributed by atoms with Crippen LogP contribution in [0.2, 0.25) is 0 Å². The fourth-order valence-corrected chi connectivity index (χ4v) is 2.46. The van der Waals surface area contributed by atoms with Crippen LogP contribution in [0.5, 0.6) is 11.5 Å². The maximum Gasteiger partial charge on any atom is 0.267 e. The van der Waals surface area contributed by atoms with Crippen molar-refractivity contribution in [2.75, 3.05) is 16.8 Å². The quantitative estimate of drug-likeness (QED) is 0.833. The summed E-state index contributed by atoms with van der Waals surface area (Å²) in [5.41, 5.74) is 0.945. The topological polar surface area (TPSA) is 78.9 Å². The minimum atomic E-state index is -0.853. The first kappa shape index (κ1) is 14.9. The third-order valence-electron chi connectivity index (χ3n) is 3.61. The van der Waals surface area contributed by atoms with Crippen molar-refractivity contribution in [1.82, 2.24) is 0 Å². The monoisotopic (exact) mass is 312 g/mol. The smallest absolute Gasteiger partial charge is 0.267 e. The summed E-state index contributed by atoms with van der Waals surface area (Å²) in [4.78, 5) is 25.8. The zero-order valence-electron chi connectivity index (χ0n) is 12.5. The van der Waals surface area contributed by atoms with E-state index in [9.17, 15) is 14.7 Å². The molecule has 2 aromatic carbocycles. The zero-order chi connectivity index (χ0) is 16.4. The number of phenols is 1. The fourth-order valence-electron chi connectivity index (χ4n) is 2.46. The zero-order valence-corrected chi connectivity index (χ0v) is 12.5. The van der Waals surface area contributed by atoms with Crippen LogP contribution in [0, 0.1) is 0 Å². The van der Waals surface area contributed by atoms with Gasteiger partial charge in [0.25, 0.3) is 5.91 Å². The Balaban J connectivity index is 1.83. The molecule has 1 heterocycles. The Morgan fingerprint density at radius 2 is 1.87 bits per heavy atom. The van der Waals surface area contributed by atoms with Crippen molar-refractivity contribution < 1.29 is 19.4 Å². The van der Waals surface area contributed by atoms with Crippen LogP contribution in [0.4, 0.5) is 11.4 Å². The van der Waals surface area contributed by atoms with Crippen molar-refractivity contribution in [1.29, 1.82) is 0 Å². The van der Waals surface area contributed by atoms with Crippen molar-refractivity contribution in [3.8, 4) is 11.5 Å². The molecule has 6 nitrogen and oxygen atoms in total. The molecule has 0 spiro atoms. The van der Waals surface area contributed by atoms with Crippen LogP contribution in [-0.2, 0) is 9.59 Å². The predicted octanol–water partition coefficient (Wildman–Crippen LogP) is 2.14. The molecule has 0 saturated heterocycles. The third kappa shape index (κ3) is 2.96. The van der Waals surface area contributed by atoms with Crippen LogP contribution in [-0.4, -0.2) is 29.6 Å². The van der Waals surface area contributed by atoms with E-state index in [-0.39, 0.29) is 18.2 Å². The molecule has 0 aliphatic carbocycles. The molecule has 0 aromatic heterocycles. The Hall–Kier alpha value is -3.02. The summed E-state index contributed by atoms with van der Waals surface area (Å²) < 4.78 is 5.70. The second kappa shape index (κ2) is 6.00. The lowest BCUT2D eigenvalue weighted by molar-refractivity contribution is -0.123. The van der Waals surface area contributed by atoms with E-state index in [1.807, 2.05) is 0 Å². The number of anilines is 2. The first-order valence-electron chi connectivity index (χ1n) is 7.19. The molecule has 1 aliphatic rings. The molecule has 1 aliphatic heterocycles. The largest absolute Gasteiger partial charge is 0.506 e. The van der Waals surface area contributed by atoms with Gasteiger partial charge in [0.05, 0.1) is 17.9 Å². The highest BCUT2D eigenvalue weighted by atomic mass is 16.5. The van der Waals surface area contributed by atoms with Gasteiger partial charge < -0.3 is 20.1 Å². The van der Waals surface area contributed by atoms with Crippen molar-refractivity contribution in [2.24, 2.45) is 0 Å². The third-order valence-corrected chi connectivity index (χ3v) is 3.61. The number of hydrogen-bond donors (Lipinski definition) is 2. The number of nitrogens with one attached hydrogen (secondary N) is 1. The highest BCUT2D eigenvalue weighted by Crippen LogP contribution is 2.33. The number of ether oxygens (including phenoxy) is 1. The van der Waals surface area contributed by atoms with Crippen LogP contribution in [0.15, 0.2) is 48.5 Å². The van der Waals surface area contributed by atoms with Gasteiger partial charge in [0.1, 0.15) is 11.5 Å². The standard InChI is InChI=1S/C17H16N2O4/c1-11(20)19-10-16(23-15-9-5-3-7-13(15)19)17(22)18-12-6-2-4-8-14(12)21/h2-9,16,21H,10H2,1H3,(H,18,22). The number of amides is 2. The van der Waals surface area contributed by atoms with Gasteiger partial charge in [0.15, 0.2) is 6.10 Å². The maximum atomic E-state index is 12.4. The number of rotatable bonds is 2. The van der Waals surface area contributed by atoms with E-state index < -0.39 is 12.0 Å². The molecule has 2 amide bonds. The number of phenolic OH excluding ortho intramolecular Hbond substituents is 1. The van der Waals surface area contributed by atoms with Crippen molar-refractivity contribution in [3.63, 3.8) is 0 Å². The van der Waals surface area contributed by atoms with E-state index in [2.05, 4.69) is 5.32 Å². The normalized spacial score (nSPS) is 16.2. The van der Waals surface area contributed by atoms with E-state index in [0.717, 1.165) is 0 Å². The SMILES string of the molecule is CC(=O)N1CC(C(=O)Nc2ccccc2O)Oc2ccccc21. The Morgan fingerprint density at radius 1 is 1.17 bits per heavy atom. The minimum absolute atomic E-state index is 0.0273. The minimum Gasteiger partial charge on any atom is -0.506 e. The van der Waals surface area contributed by atoms with Gasteiger partial charge in [-0.05, 0) is 24.3 Å². The van der Waals surface area contributed by atoms with Gasteiger partial charge in [-0.25, -0.2) is 0 Å². The molecule has 23 heavy (non-hydrogen) atoms. The van der Waals surface area contributed by atoms with E-state index in [0.29, 0.717) is 17.1 Å². The number of aromatic hydroxyl groups is 1. The second-order valence-electron chi connectivity index (χ2n) is 5.21. The molecule has 6 heteroatoms. The average Bonchev–Trinajstić information content (AvgIpc) is 2.55. The van der Waals surface area contributed by atoms with Gasteiger partial charge in [0, 0.05) is 6.92 Å². The molecule has 1 unspecified atom stereocenters. The lowest BCUT2D eigenvalue weighted by Crippen LogP contribution is -2.48. The van der Waals surface area contributed by atoms with Crippen LogP contribution in [0.1, 0.15) is 6.92 Å². The first-order chi connectivity index (χ1) is 11.1. The van der Waals surface area contributed by atoms with E-state index in [1.165, 1.54) is 17.9 Å². The van der Waals surface area contributed by atoms with Gasteiger partial charge in [0.2, 0.25) is 5.91 Å². The lowest BCUT2D eigenvalue weighted by Gasteiger charge is -2.33. The van der Waals surface area contributed by atoms with Gasteiger partial charge >= 0.3 is 0 Å². The molecule has 0 bridgehead atoms. The van der Waals surface area contributed by atoms with Crippen molar-refractivity contribution in [2.45, 2.75) is 13.0 Å². The molecular formula is C17H16N2O4. The van der Waals surface area contributed by atoms with Gasteiger partial charge in [-0.1, -0.05) is 24.3 Å². The summed E-state index contributed by atoms with van der Waals surface area (Å²) in [5.74, 6) is -0.139. The lowest BCUT2D eigenvalue weighted by atomic mass is 10.1. The van der Waals surface area contributed by atoms with Crippen LogP contribution >= 0.6 is 0 Å². The molecule has 1 atom stereocenters. The molecule has 0 fully saturated rings. The van der Waals surface area contributed by atoms with Crippen LogP contribution < -0.4 is 15.0 Å². The molecule has 118 valence electrons. The summed E-state index contributed by atoms with van der Waals surface area (Å²) in [6.07, 6.45) is -0.853. The Kier molecular flexibility index (Phi) is 3.89. The van der Waals surface area contributed by atoms with Gasteiger partial charge in [-0.2, -0.15) is 0 Å². The van der Waals surface area contributed by atoms with E-state index in [1.54, 1.807) is 42.5 Å². The number of benzene rings is 2. The molecular weight excluding hydrogens is 296 g/mol. The van der Waals surface area contributed by atoms with E-state index >= 15 is 0 Å². The van der Waals surface area contributed by atoms with Gasteiger partial charge in [-0.15, -0.1) is 0 Å². The Bertz CT molecular complexity index is 760. The van der Waals surface area contributed by atoms with E-state index in [4.69, 9.17) is 4.74 Å². The van der Waals surface area contributed by atoms with Crippen molar-refractivity contribution in [3.05, 3.63) is 48.5 Å². The number of fused-ring (bicyclic) bond motifs is 1. The number of nitrogens with zero attached hydrogens (tertiary/aromatic N) is 1. The molecule has 2 aromatic rings. The van der Waals surface area contributed by atoms with Crippen LogP contribution in [0.25, 0.3) is 0 Å². The highest BCUT2D eigenvalue weighted by Gasteiger charge is 2.32. The molecule has 0 saturated carbocycles. The number of carbonyl (C=O) groups is 2. The number of hydrogen-bond acceptors (Lipinski definition) is 4. The second-order valence-corrected chi connectivity index (χ2v) is 5.21. The summed E-state index contributed by atoms with van der Waals surface area (Å²) >= 11 is 0. The predicted molar refractivity (Wildman–Crippen MR) is 85.6 cm³/mol. The first-order valence-corrected chi connectivity index (χ1v) is 7.19. The number of para-hydroxylation sites is 4. The molecule has 2 N–H and O–H groups in total. The van der Waals surface area contributed by atoms with Gasteiger partial charge in [-0.3, -0.25) is 9.59 Å². The van der Waals surface area contributed by atoms with Crippen LogP contribution in [0.3, 0.4) is 0 Å². The Labute approximate surface area is 133 Å². The Morgan fingerprint density at radius 3 is 2.61 bits per heavy atom. The summed E-state index contributed by atoms with van der Waals surface area (Å²) in [7, 11) is 0. The maximum absolute atomic E-state index is 12.4. The fraction of sp³-hybridized carbons (Fsp3) is 0.176. The molecule has 0 radical (unpaired) electrons. The van der Waals surface area contributed by atoms with Crippen molar-refractivity contribution >= 4 is 23.2 Å². The summed E-state index contributed by atoms with van der Waals surface area (Å²) in [6.45, 7) is 1.56. The number of carbonyl (C=O) groups excluding carboxylic acids is 2. The average molecular weight is 312 g/mol. The molecule has 3 rings (SSSR count). The summed E-state index contributed by atoms with van der Waals surface area (Å²) in [5, 5.41) is 12.4. The highest BCUT2D eigenvalue weighted by molar-refractivity contribution is 6.00. The summed E-state index contributed by atoms with van der Waals surface area (Å²) in [6, 6.07) is 13.5.